The number of rotatable bonds is 5. The van der Waals surface area contributed by atoms with Crippen molar-refractivity contribution in [1.82, 2.24) is 0 Å². The van der Waals surface area contributed by atoms with Gasteiger partial charge in [0.05, 0.1) is 13.5 Å². The van der Waals surface area contributed by atoms with Crippen LogP contribution < -0.4 is 4.74 Å². The van der Waals surface area contributed by atoms with E-state index in [0.717, 1.165) is 5.56 Å². The molecule has 0 atom stereocenters. The summed E-state index contributed by atoms with van der Waals surface area (Å²) in [6.45, 7) is 0.227. The lowest BCUT2D eigenvalue weighted by atomic mass is 10.1. The number of benzene rings is 2. The molecule has 0 fully saturated rings. The number of phenolic OH excluding ortho intramolecular Hbond substituents is 1. The SMILES string of the molecule is COc1cccc(CC(=O)OCc2ccccc2)c1O. The second-order valence-corrected chi connectivity index (χ2v) is 4.29. The lowest BCUT2D eigenvalue weighted by Crippen LogP contribution is -2.08. The van der Waals surface area contributed by atoms with Crippen LogP contribution in [0.15, 0.2) is 48.5 Å². The number of esters is 1. The Hall–Kier alpha value is -2.49. The molecular weight excluding hydrogens is 256 g/mol. The van der Waals surface area contributed by atoms with Gasteiger partial charge in [0.25, 0.3) is 0 Å². The van der Waals surface area contributed by atoms with Crippen molar-refractivity contribution in [2.24, 2.45) is 0 Å². The van der Waals surface area contributed by atoms with Crippen LogP contribution in [0.1, 0.15) is 11.1 Å². The highest BCUT2D eigenvalue weighted by Gasteiger charge is 2.12. The van der Waals surface area contributed by atoms with Crippen LogP contribution in [0.4, 0.5) is 0 Å². The van der Waals surface area contributed by atoms with Crippen molar-refractivity contribution in [2.45, 2.75) is 13.0 Å². The van der Waals surface area contributed by atoms with E-state index in [-0.39, 0.29) is 18.8 Å². The van der Waals surface area contributed by atoms with Gasteiger partial charge in [0.2, 0.25) is 0 Å². The van der Waals surface area contributed by atoms with Gasteiger partial charge in [-0.2, -0.15) is 0 Å². The molecule has 0 heterocycles. The van der Waals surface area contributed by atoms with Crippen molar-refractivity contribution < 1.29 is 19.4 Å². The van der Waals surface area contributed by atoms with Crippen molar-refractivity contribution in [1.29, 1.82) is 0 Å². The number of aromatic hydroxyl groups is 1. The Morgan fingerprint density at radius 3 is 2.55 bits per heavy atom. The minimum Gasteiger partial charge on any atom is -0.504 e. The zero-order chi connectivity index (χ0) is 14.4. The number of ether oxygens (including phenoxy) is 2. The van der Waals surface area contributed by atoms with Crippen LogP contribution in [0.2, 0.25) is 0 Å². The summed E-state index contributed by atoms with van der Waals surface area (Å²) >= 11 is 0. The molecule has 0 radical (unpaired) electrons. The minimum absolute atomic E-state index is 0.00979. The van der Waals surface area contributed by atoms with Gasteiger partial charge in [0, 0.05) is 5.56 Å². The van der Waals surface area contributed by atoms with Crippen LogP contribution in [0.25, 0.3) is 0 Å². The molecule has 104 valence electrons. The van der Waals surface area contributed by atoms with Crippen molar-refractivity contribution in [3.05, 3.63) is 59.7 Å². The standard InChI is InChI=1S/C16H16O4/c1-19-14-9-5-8-13(16(14)18)10-15(17)20-11-12-6-3-2-4-7-12/h2-9,18H,10-11H2,1H3. The largest absolute Gasteiger partial charge is 0.504 e. The first-order chi connectivity index (χ1) is 9.70. The number of para-hydroxylation sites is 1. The van der Waals surface area contributed by atoms with Gasteiger partial charge in [0.1, 0.15) is 6.61 Å². The molecule has 2 rings (SSSR count). The highest BCUT2D eigenvalue weighted by Crippen LogP contribution is 2.29. The summed E-state index contributed by atoms with van der Waals surface area (Å²) in [5.41, 5.74) is 1.41. The zero-order valence-electron chi connectivity index (χ0n) is 11.2. The Kier molecular flexibility index (Phi) is 4.60. The van der Waals surface area contributed by atoms with E-state index in [1.165, 1.54) is 7.11 Å². The molecule has 0 unspecified atom stereocenters. The van der Waals surface area contributed by atoms with E-state index in [4.69, 9.17) is 9.47 Å². The highest BCUT2D eigenvalue weighted by molar-refractivity contribution is 5.74. The molecule has 1 N–H and O–H groups in total. The van der Waals surface area contributed by atoms with E-state index >= 15 is 0 Å². The fourth-order valence-electron chi connectivity index (χ4n) is 1.82. The van der Waals surface area contributed by atoms with Crippen molar-refractivity contribution in [2.75, 3.05) is 7.11 Å². The molecule has 4 heteroatoms. The lowest BCUT2D eigenvalue weighted by molar-refractivity contribution is -0.144. The molecule has 20 heavy (non-hydrogen) atoms. The molecule has 0 amide bonds. The van der Waals surface area contributed by atoms with Gasteiger partial charge in [-0.3, -0.25) is 4.79 Å². The Morgan fingerprint density at radius 1 is 1.10 bits per heavy atom. The Bertz CT molecular complexity index is 578. The topological polar surface area (TPSA) is 55.8 Å². The Labute approximate surface area is 117 Å². The summed E-state index contributed by atoms with van der Waals surface area (Å²) in [4.78, 5) is 11.8. The minimum atomic E-state index is -0.391. The first kappa shape index (κ1) is 13.9. The maximum absolute atomic E-state index is 11.8. The molecule has 2 aromatic carbocycles. The van der Waals surface area contributed by atoms with Crippen LogP contribution in [0.3, 0.4) is 0 Å². The quantitative estimate of drug-likeness (QED) is 0.850. The van der Waals surface area contributed by atoms with E-state index < -0.39 is 5.97 Å². The third kappa shape index (κ3) is 3.51. The third-order valence-electron chi connectivity index (χ3n) is 2.88. The first-order valence-electron chi connectivity index (χ1n) is 6.25. The van der Waals surface area contributed by atoms with E-state index in [2.05, 4.69) is 0 Å². The number of phenols is 1. The van der Waals surface area contributed by atoms with Crippen LogP contribution in [0.5, 0.6) is 11.5 Å². The normalized spacial score (nSPS) is 10.1. The van der Waals surface area contributed by atoms with Gasteiger partial charge < -0.3 is 14.6 Å². The van der Waals surface area contributed by atoms with Gasteiger partial charge in [-0.25, -0.2) is 0 Å². The average Bonchev–Trinajstić information content (AvgIpc) is 2.48. The predicted molar refractivity (Wildman–Crippen MR) is 74.6 cm³/mol. The summed E-state index contributed by atoms with van der Waals surface area (Å²) in [5.74, 6) is -0.0672. The highest BCUT2D eigenvalue weighted by atomic mass is 16.5. The smallest absolute Gasteiger partial charge is 0.310 e. The molecule has 0 saturated heterocycles. The van der Waals surface area contributed by atoms with E-state index in [1.54, 1.807) is 18.2 Å². The fraction of sp³-hybridized carbons (Fsp3) is 0.188. The van der Waals surface area contributed by atoms with Gasteiger partial charge in [-0.15, -0.1) is 0 Å². The maximum atomic E-state index is 11.8. The van der Waals surface area contributed by atoms with Gasteiger partial charge in [-0.05, 0) is 11.6 Å². The number of hydrogen-bond acceptors (Lipinski definition) is 4. The Balaban J connectivity index is 1.95. The van der Waals surface area contributed by atoms with Crippen LogP contribution in [0, 0.1) is 0 Å². The zero-order valence-corrected chi connectivity index (χ0v) is 11.2. The summed E-state index contributed by atoms with van der Waals surface area (Å²) in [5, 5.41) is 9.89. The van der Waals surface area contributed by atoms with Crippen molar-refractivity contribution in [3.63, 3.8) is 0 Å². The molecule has 2 aromatic rings. The predicted octanol–water partition coefficient (Wildman–Crippen LogP) is 2.69. The number of methoxy groups -OCH3 is 1. The van der Waals surface area contributed by atoms with E-state index in [9.17, 15) is 9.90 Å². The molecule has 0 aliphatic carbocycles. The fourth-order valence-corrected chi connectivity index (χ4v) is 1.82. The lowest BCUT2D eigenvalue weighted by Gasteiger charge is -2.09. The Morgan fingerprint density at radius 2 is 1.85 bits per heavy atom. The first-order valence-corrected chi connectivity index (χ1v) is 6.25. The summed E-state index contributed by atoms with van der Waals surface area (Å²) in [6.07, 6.45) is 0.00979. The number of hydrogen-bond donors (Lipinski definition) is 1. The van der Waals surface area contributed by atoms with Crippen LogP contribution in [-0.2, 0) is 22.6 Å². The molecule has 0 aliphatic rings. The molecule has 0 aromatic heterocycles. The summed E-state index contributed by atoms with van der Waals surface area (Å²) in [7, 11) is 1.46. The average molecular weight is 272 g/mol. The van der Waals surface area contributed by atoms with Gasteiger partial charge >= 0.3 is 5.97 Å². The van der Waals surface area contributed by atoms with Gasteiger partial charge in [0.15, 0.2) is 11.5 Å². The molecular formula is C16H16O4. The molecule has 0 spiro atoms. The summed E-state index contributed by atoms with van der Waals surface area (Å²) in [6, 6.07) is 14.5. The second-order valence-electron chi connectivity index (χ2n) is 4.29. The van der Waals surface area contributed by atoms with Crippen molar-refractivity contribution >= 4 is 5.97 Å². The van der Waals surface area contributed by atoms with Crippen molar-refractivity contribution in [3.8, 4) is 11.5 Å². The number of carbonyl (C=O) groups is 1. The maximum Gasteiger partial charge on any atom is 0.310 e. The molecule has 0 aliphatic heterocycles. The third-order valence-corrected chi connectivity index (χ3v) is 2.88. The monoisotopic (exact) mass is 272 g/mol. The molecule has 0 bridgehead atoms. The molecule has 0 saturated carbocycles. The summed E-state index contributed by atoms with van der Waals surface area (Å²) < 4.78 is 10.2. The van der Waals surface area contributed by atoms with E-state index in [0.29, 0.717) is 11.3 Å². The number of carbonyl (C=O) groups excluding carboxylic acids is 1. The van der Waals surface area contributed by atoms with Crippen LogP contribution >= 0.6 is 0 Å². The molecule has 4 nitrogen and oxygen atoms in total. The van der Waals surface area contributed by atoms with Crippen LogP contribution in [-0.4, -0.2) is 18.2 Å². The van der Waals surface area contributed by atoms with Gasteiger partial charge in [-0.1, -0.05) is 42.5 Å². The van der Waals surface area contributed by atoms with E-state index in [1.807, 2.05) is 30.3 Å². The second kappa shape index (κ2) is 6.61.